The Bertz CT molecular complexity index is 942. The Hall–Kier alpha value is -2.70. The van der Waals surface area contributed by atoms with Gasteiger partial charge in [0, 0.05) is 24.2 Å². The minimum Gasteiger partial charge on any atom is -0.370 e. The highest BCUT2D eigenvalue weighted by molar-refractivity contribution is 6.34. The Morgan fingerprint density at radius 2 is 1.86 bits per heavy atom. The van der Waals surface area contributed by atoms with E-state index in [4.69, 9.17) is 16.3 Å². The molecule has 2 aliphatic heterocycles. The third-order valence-corrected chi connectivity index (χ3v) is 5.54. The second-order valence-corrected chi connectivity index (χ2v) is 7.24. The van der Waals surface area contributed by atoms with Crippen LogP contribution in [0.15, 0.2) is 42.5 Å². The molecular formula is C21H19ClN2O4. The van der Waals surface area contributed by atoms with E-state index < -0.39 is 5.92 Å². The maximum absolute atomic E-state index is 12.2. The SMILES string of the molecule is O=C1CCC(c2cccc(-c3ccc(N4CCOCC4=O)cc3)c2Cl)C(=O)N1. The van der Waals surface area contributed by atoms with Crippen molar-refractivity contribution in [3.8, 4) is 11.1 Å². The van der Waals surface area contributed by atoms with E-state index in [1.54, 1.807) is 4.90 Å². The number of piperidine rings is 1. The van der Waals surface area contributed by atoms with E-state index in [0.717, 1.165) is 22.4 Å². The quantitative estimate of drug-likeness (QED) is 0.806. The van der Waals surface area contributed by atoms with Gasteiger partial charge in [-0.15, -0.1) is 0 Å². The minimum absolute atomic E-state index is 0.0584. The van der Waals surface area contributed by atoms with Gasteiger partial charge in [0.15, 0.2) is 0 Å². The third-order valence-electron chi connectivity index (χ3n) is 5.12. The number of anilines is 1. The summed E-state index contributed by atoms with van der Waals surface area (Å²) in [7, 11) is 0. The van der Waals surface area contributed by atoms with Gasteiger partial charge in [0.1, 0.15) is 6.61 Å². The number of rotatable bonds is 3. The first-order chi connectivity index (χ1) is 13.5. The smallest absolute Gasteiger partial charge is 0.253 e. The summed E-state index contributed by atoms with van der Waals surface area (Å²) in [5, 5.41) is 2.88. The number of imide groups is 1. The molecule has 144 valence electrons. The summed E-state index contributed by atoms with van der Waals surface area (Å²) >= 11 is 6.64. The standard InChI is InChI=1S/C21H19ClN2O4/c22-20-15(2-1-3-16(20)17-8-9-18(25)23-21(17)27)13-4-6-14(7-5-13)24-10-11-28-12-19(24)26/h1-7,17H,8-12H2,(H,23,25,27). The third kappa shape index (κ3) is 3.53. The fourth-order valence-corrected chi connectivity index (χ4v) is 4.01. The number of carbonyl (C=O) groups excluding carboxylic acids is 3. The van der Waals surface area contributed by atoms with Crippen LogP contribution in [0.25, 0.3) is 11.1 Å². The molecule has 1 N–H and O–H groups in total. The van der Waals surface area contributed by atoms with Crippen molar-refractivity contribution in [3.63, 3.8) is 0 Å². The van der Waals surface area contributed by atoms with Crippen LogP contribution in [0.3, 0.4) is 0 Å². The van der Waals surface area contributed by atoms with E-state index in [2.05, 4.69) is 5.32 Å². The molecule has 2 fully saturated rings. The van der Waals surface area contributed by atoms with Gasteiger partial charge in [-0.2, -0.15) is 0 Å². The number of halogens is 1. The molecular weight excluding hydrogens is 380 g/mol. The largest absolute Gasteiger partial charge is 0.370 e. The number of hydrogen-bond acceptors (Lipinski definition) is 4. The van der Waals surface area contributed by atoms with E-state index in [-0.39, 0.29) is 24.3 Å². The van der Waals surface area contributed by atoms with Crippen LogP contribution in [0.4, 0.5) is 5.69 Å². The molecule has 2 aliphatic rings. The van der Waals surface area contributed by atoms with E-state index in [9.17, 15) is 14.4 Å². The van der Waals surface area contributed by atoms with Gasteiger partial charge in [0.05, 0.1) is 17.5 Å². The number of ether oxygens (including phenoxy) is 1. The van der Waals surface area contributed by atoms with Crippen LogP contribution in [0.5, 0.6) is 0 Å². The lowest BCUT2D eigenvalue weighted by molar-refractivity contribution is -0.134. The Kier molecular flexibility index (Phi) is 5.15. The normalized spacial score (nSPS) is 20.2. The number of benzene rings is 2. The Morgan fingerprint density at radius 1 is 1.07 bits per heavy atom. The molecule has 0 radical (unpaired) electrons. The summed E-state index contributed by atoms with van der Waals surface area (Å²) in [5.74, 6) is -1.05. The van der Waals surface area contributed by atoms with Gasteiger partial charge < -0.3 is 9.64 Å². The number of nitrogens with zero attached hydrogens (tertiary/aromatic N) is 1. The number of nitrogens with one attached hydrogen (secondary N) is 1. The van der Waals surface area contributed by atoms with Crippen LogP contribution in [0.1, 0.15) is 24.3 Å². The van der Waals surface area contributed by atoms with E-state index in [1.807, 2.05) is 42.5 Å². The molecule has 4 rings (SSSR count). The van der Waals surface area contributed by atoms with Gasteiger partial charge in [-0.3, -0.25) is 19.7 Å². The molecule has 0 aromatic heterocycles. The van der Waals surface area contributed by atoms with Crippen LogP contribution in [-0.4, -0.2) is 37.5 Å². The number of amides is 3. The lowest BCUT2D eigenvalue weighted by Gasteiger charge is -2.27. The monoisotopic (exact) mass is 398 g/mol. The number of hydrogen-bond donors (Lipinski definition) is 1. The van der Waals surface area contributed by atoms with Crippen molar-refractivity contribution in [3.05, 3.63) is 53.1 Å². The molecule has 0 spiro atoms. The molecule has 0 saturated carbocycles. The zero-order valence-electron chi connectivity index (χ0n) is 15.1. The number of morpholine rings is 1. The van der Waals surface area contributed by atoms with Gasteiger partial charge in [-0.1, -0.05) is 41.9 Å². The first-order valence-electron chi connectivity index (χ1n) is 9.15. The molecule has 3 amide bonds. The van der Waals surface area contributed by atoms with Crippen LogP contribution in [-0.2, 0) is 19.1 Å². The van der Waals surface area contributed by atoms with Crippen LogP contribution >= 0.6 is 11.6 Å². The van der Waals surface area contributed by atoms with Crippen molar-refractivity contribution in [1.29, 1.82) is 0 Å². The lowest BCUT2D eigenvalue weighted by Crippen LogP contribution is -2.41. The van der Waals surface area contributed by atoms with Crippen LogP contribution < -0.4 is 10.2 Å². The second kappa shape index (κ2) is 7.73. The topological polar surface area (TPSA) is 75.7 Å². The molecule has 2 heterocycles. The van der Waals surface area contributed by atoms with Gasteiger partial charge >= 0.3 is 0 Å². The Labute approximate surface area is 167 Å². The zero-order valence-corrected chi connectivity index (χ0v) is 15.9. The molecule has 2 saturated heterocycles. The first-order valence-corrected chi connectivity index (χ1v) is 9.53. The predicted molar refractivity (Wildman–Crippen MR) is 105 cm³/mol. The summed E-state index contributed by atoms with van der Waals surface area (Å²) in [6.07, 6.45) is 0.755. The second-order valence-electron chi connectivity index (χ2n) is 6.86. The van der Waals surface area contributed by atoms with E-state index in [0.29, 0.717) is 31.0 Å². The van der Waals surface area contributed by atoms with Gasteiger partial charge in [0.2, 0.25) is 11.8 Å². The average Bonchev–Trinajstić information content (AvgIpc) is 2.69. The molecule has 28 heavy (non-hydrogen) atoms. The highest BCUT2D eigenvalue weighted by atomic mass is 35.5. The van der Waals surface area contributed by atoms with E-state index in [1.165, 1.54) is 0 Å². The van der Waals surface area contributed by atoms with Crippen molar-refractivity contribution >= 4 is 35.0 Å². The van der Waals surface area contributed by atoms with E-state index >= 15 is 0 Å². The number of carbonyl (C=O) groups is 3. The average molecular weight is 399 g/mol. The Balaban J connectivity index is 1.62. The molecule has 1 unspecified atom stereocenters. The van der Waals surface area contributed by atoms with Crippen molar-refractivity contribution in [2.75, 3.05) is 24.7 Å². The van der Waals surface area contributed by atoms with Gasteiger partial charge in [-0.25, -0.2) is 0 Å². The first kappa shape index (κ1) is 18.7. The molecule has 0 aliphatic carbocycles. The van der Waals surface area contributed by atoms with Gasteiger partial charge in [-0.05, 0) is 29.7 Å². The predicted octanol–water partition coefficient (Wildman–Crippen LogP) is 2.89. The molecule has 6 nitrogen and oxygen atoms in total. The molecule has 7 heteroatoms. The summed E-state index contributed by atoms with van der Waals surface area (Å²) in [6, 6.07) is 13.2. The summed E-state index contributed by atoms with van der Waals surface area (Å²) in [5.41, 5.74) is 3.23. The summed E-state index contributed by atoms with van der Waals surface area (Å²) in [6.45, 7) is 1.15. The van der Waals surface area contributed by atoms with Crippen molar-refractivity contribution in [2.45, 2.75) is 18.8 Å². The maximum Gasteiger partial charge on any atom is 0.253 e. The van der Waals surface area contributed by atoms with Crippen molar-refractivity contribution < 1.29 is 19.1 Å². The zero-order chi connectivity index (χ0) is 19.7. The fourth-order valence-electron chi connectivity index (χ4n) is 3.64. The van der Waals surface area contributed by atoms with Crippen LogP contribution in [0, 0.1) is 0 Å². The lowest BCUT2D eigenvalue weighted by atomic mass is 9.88. The maximum atomic E-state index is 12.2. The van der Waals surface area contributed by atoms with Crippen molar-refractivity contribution in [1.82, 2.24) is 5.32 Å². The summed E-state index contributed by atoms with van der Waals surface area (Å²) < 4.78 is 5.17. The highest BCUT2D eigenvalue weighted by Crippen LogP contribution is 2.37. The molecule has 2 aromatic rings. The highest BCUT2D eigenvalue weighted by Gasteiger charge is 2.30. The summed E-state index contributed by atoms with van der Waals surface area (Å²) in [4.78, 5) is 37.3. The van der Waals surface area contributed by atoms with Crippen LogP contribution in [0.2, 0.25) is 5.02 Å². The fraction of sp³-hybridized carbons (Fsp3) is 0.286. The minimum atomic E-state index is -0.435. The Morgan fingerprint density at radius 3 is 2.57 bits per heavy atom. The molecule has 1 atom stereocenters. The molecule has 2 aromatic carbocycles. The van der Waals surface area contributed by atoms with Gasteiger partial charge in [0.25, 0.3) is 5.91 Å². The van der Waals surface area contributed by atoms with Crippen molar-refractivity contribution in [2.24, 2.45) is 0 Å². The molecule has 0 bridgehead atoms.